The molecule has 0 unspecified atom stereocenters. The number of urea groups is 1. The number of carbonyl (C=O) groups excluding carboxylic acids is 1. The zero-order chi connectivity index (χ0) is 13.9. The van der Waals surface area contributed by atoms with Crippen molar-refractivity contribution in [2.45, 2.75) is 25.7 Å². The number of aromatic amines is 1. The van der Waals surface area contributed by atoms with Gasteiger partial charge in [0.1, 0.15) is 0 Å². The van der Waals surface area contributed by atoms with E-state index < -0.39 is 0 Å². The molecule has 3 rings (SSSR count). The highest BCUT2D eigenvalue weighted by atomic mass is 16.5. The second-order valence-electron chi connectivity index (χ2n) is 4.88. The summed E-state index contributed by atoms with van der Waals surface area (Å²) in [5.41, 5.74) is 0.658. The molecular weight excluding hydrogens is 260 g/mol. The molecule has 1 aliphatic rings. The molecule has 106 valence electrons. The van der Waals surface area contributed by atoms with E-state index in [9.17, 15) is 4.79 Å². The van der Waals surface area contributed by atoms with E-state index in [1.165, 1.54) is 0 Å². The third-order valence-electron chi connectivity index (χ3n) is 3.35. The highest BCUT2D eigenvalue weighted by Gasteiger charge is 2.28. The number of nitrogens with one attached hydrogen (secondary N) is 2. The number of aryl methyl sites for hydroxylation is 1. The number of carbonyl (C=O) groups is 1. The molecule has 2 aromatic rings. The number of aromatic nitrogens is 4. The smallest absolute Gasteiger partial charge is 0.321 e. The molecule has 0 aromatic carbocycles. The third-order valence-corrected chi connectivity index (χ3v) is 3.35. The van der Waals surface area contributed by atoms with Gasteiger partial charge in [-0.1, -0.05) is 5.16 Å². The van der Waals surface area contributed by atoms with Gasteiger partial charge in [0.05, 0.1) is 17.8 Å². The molecule has 8 heteroatoms. The van der Waals surface area contributed by atoms with Gasteiger partial charge in [0.2, 0.25) is 5.89 Å². The van der Waals surface area contributed by atoms with Crippen LogP contribution in [0.1, 0.15) is 30.5 Å². The first-order valence-electron chi connectivity index (χ1n) is 6.57. The van der Waals surface area contributed by atoms with Crippen LogP contribution in [-0.2, 0) is 0 Å². The van der Waals surface area contributed by atoms with Gasteiger partial charge in [-0.25, -0.2) is 4.79 Å². The van der Waals surface area contributed by atoms with E-state index >= 15 is 0 Å². The Labute approximate surface area is 115 Å². The van der Waals surface area contributed by atoms with Gasteiger partial charge in [-0.2, -0.15) is 10.1 Å². The maximum Gasteiger partial charge on any atom is 0.321 e. The number of likely N-dealkylation sites (tertiary alicyclic amines) is 1. The predicted octanol–water partition coefficient (Wildman–Crippen LogP) is 1.51. The van der Waals surface area contributed by atoms with Crippen molar-refractivity contribution in [2.75, 3.05) is 18.4 Å². The minimum absolute atomic E-state index is 0.111. The SMILES string of the molecule is Cc1noc([C@@H]2CCCN(C(=O)Nc3cn[nH]c3)C2)n1. The van der Waals surface area contributed by atoms with Crippen molar-refractivity contribution in [3.05, 3.63) is 24.1 Å². The van der Waals surface area contributed by atoms with Crippen LogP contribution in [0.3, 0.4) is 0 Å². The molecule has 8 nitrogen and oxygen atoms in total. The van der Waals surface area contributed by atoms with Crippen molar-refractivity contribution >= 4 is 11.7 Å². The van der Waals surface area contributed by atoms with Gasteiger partial charge in [0.15, 0.2) is 5.82 Å². The van der Waals surface area contributed by atoms with E-state index in [-0.39, 0.29) is 11.9 Å². The zero-order valence-corrected chi connectivity index (χ0v) is 11.2. The van der Waals surface area contributed by atoms with Crippen molar-refractivity contribution in [1.82, 2.24) is 25.2 Å². The first kappa shape index (κ1) is 12.6. The molecule has 2 aromatic heterocycles. The Balaban J connectivity index is 1.64. The third kappa shape index (κ3) is 2.63. The average molecular weight is 276 g/mol. The molecule has 2 amide bonds. The maximum atomic E-state index is 12.2. The van der Waals surface area contributed by atoms with E-state index in [1.54, 1.807) is 24.2 Å². The molecule has 20 heavy (non-hydrogen) atoms. The summed E-state index contributed by atoms with van der Waals surface area (Å²) in [5.74, 6) is 1.35. The summed E-state index contributed by atoms with van der Waals surface area (Å²) in [4.78, 5) is 18.2. The summed E-state index contributed by atoms with van der Waals surface area (Å²) >= 11 is 0. The number of piperidine rings is 1. The van der Waals surface area contributed by atoms with Crippen LogP contribution in [0, 0.1) is 6.92 Å². The number of H-pyrrole nitrogens is 1. The summed E-state index contributed by atoms with van der Waals surface area (Å²) in [7, 11) is 0. The normalized spacial score (nSPS) is 19.1. The number of amides is 2. The Bertz CT molecular complexity index is 579. The number of rotatable bonds is 2. The summed E-state index contributed by atoms with van der Waals surface area (Å²) in [6, 6.07) is -0.132. The van der Waals surface area contributed by atoms with Crippen LogP contribution in [0.5, 0.6) is 0 Å². The Kier molecular flexibility index (Phi) is 3.36. The zero-order valence-electron chi connectivity index (χ0n) is 11.2. The molecule has 1 aliphatic heterocycles. The standard InChI is InChI=1S/C12H16N6O2/c1-8-15-11(20-17-8)9-3-2-4-18(7-9)12(19)16-10-5-13-14-6-10/h5-6,9H,2-4,7H2,1H3,(H,13,14)(H,16,19)/t9-/m1/s1. The summed E-state index contributed by atoms with van der Waals surface area (Å²) < 4.78 is 5.20. The minimum atomic E-state index is -0.132. The summed E-state index contributed by atoms with van der Waals surface area (Å²) in [6.45, 7) is 3.11. The second-order valence-corrected chi connectivity index (χ2v) is 4.88. The van der Waals surface area contributed by atoms with Crippen molar-refractivity contribution in [3.63, 3.8) is 0 Å². The van der Waals surface area contributed by atoms with Crippen LogP contribution in [0.25, 0.3) is 0 Å². The fraction of sp³-hybridized carbons (Fsp3) is 0.500. The predicted molar refractivity (Wildman–Crippen MR) is 70.2 cm³/mol. The van der Waals surface area contributed by atoms with E-state index in [1.807, 2.05) is 0 Å². The molecule has 2 N–H and O–H groups in total. The van der Waals surface area contributed by atoms with E-state index in [4.69, 9.17) is 4.52 Å². The van der Waals surface area contributed by atoms with Gasteiger partial charge in [0.25, 0.3) is 0 Å². The molecule has 1 fully saturated rings. The van der Waals surface area contributed by atoms with Gasteiger partial charge in [-0.3, -0.25) is 5.10 Å². The lowest BCUT2D eigenvalue weighted by molar-refractivity contribution is 0.184. The second kappa shape index (κ2) is 5.32. The van der Waals surface area contributed by atoms with E-state index in [2.05, 4.69) is 25.7 Å². The van der Waals surface area contributed by atoms with Gasteiger partial charge < -0.3 is 14.7 Å². The number of hydrogen-bond donors (Lipinski definition) is 2. The van der Waals surface area contributed by atoms with Crippen LogP contribution in [0.4, 0.5) is 10.5 Å². The first-order chi connectivity index (χ1) is 9.72. The number of nitrogens with zero attached hydrogens (tertiary/aromatic N) is 4. The summed E-state index contributed by atoms with van der Waals surface area (Å²) in [6.07, 6.45) is 5.09. The Hall–Kier alpha value is -2.38. The lowest BCUT2D eigenvalue weighted by Crippen LogP contribution is -2.41. The molecule has 0 saturated carbocycles. The molecule has 0 radical (unpaired) electrons. The van der Waals surface area contributed by atoms with Crippen molar-refractivity contribution in [3.8, 4) is 0 Å². The van der Waals surface area contributed by atoms with Crippen LogP contribution in [-0.4, -0.2) is 44.4 Å². The first-order valence-corrected chi connectivity index (χ1v) is 6.57. The Morgan fingerprint density at radius 2 is 2.50 bits per heavy atom. The van der Waals surface area contributed by atoms with Crippen LogP contribution < -0.4 is 5.32 Å². The highest BCUT2D eigenvalue weighted by molar-refractivity contribution is 5.89. The van der Waals surface area contributed by atoms with Crippen LogP contribution in [0.2, 0.25) is 0 Å². The van der Waals surface area contributed by atoms with E-state index in [0.29, 0.717) is 23.9 Å². The molecule has 0 spiro atoms. The molecule has 1 saturated heterocycles. The molecule has 3 heterocycles. The lowest BCUT2D eigenvalue weighted by atomic mass is 9.98. The molecule has 0 bridgehead atoms. The minimum Gasteiger partial charge on any atom is -0.339 e. The topological polar surface area (TPSA) is 99.9 Å². The molecular formula is C12H16N6O2. The van der Waals surface area contributed by atoms with E-state index in [0.717, 1.165) is 19.4 Å². The van der Waals surface area contributed by atoms with Gasteiger partial charge in [0, 0.05) is 19.3 Å². The summed E-state index contributed by atoms with van der Waals surface area (Å²) in [5, 5.41) is 13.1. The average Bonchev–Trinajstić information content (AvgIpc) is 3.10. The van der Waals surface area contributed by atoms with Crippen molar-refractivity contribution < 1.29 is 9.32 Å². The molecule has 1 atom stereocenters. The Morgan fingerprint density at radius 1 is 1.60 bits per heavy atom. The van der Waals surface area contributed by atoms with Crippen molar-refractivity contribution in [2.24, 2.45) is 0 Å². The lowest BCUT2D eigenvalue weighted by Gasteiger charge is -2.30. The highest BCUT2D eigenvalue weighted by Crippen LogP contribution is 2.25. The van der Waals surface area contributed by atoms with Crippen molar-refractivity contribution in [1.29, 1.82) is 0 Å². The fourth-order valence-electron chi connectivity index (χ4n) is 2.36. The van der Waals surface area contributed by atoms with Gasteiger partial charge >= 0.3 is 6.03 Å². The monoisotopic (exact) mass is 276 g/mol. The number of hydrogen-bond acceptors (Lipinski definition) is 5. The maximum absolute atomic E-state index is 12.2. The Morgan fingerprint density at radius 3 is 3.20 bits per heavy atom. The fourth-order valence-corrected chi connectivity index (χ4v) is 2.36. The van der Waals surface area contributed by atoms with Crippen LogP contribution >= 0.6 is 0 Å². The van der Waals surface area contributed by atoms with Crippen LogP contribution in [0.15, 0.2) is 16.9 Å². The van der Waals surface area contributed by atoms with Gasteiger partial charge in [-0.15, -0.1) is 0 Å². The largest absolute Gasteiger partial charge is 0.339 e. The number of anilines is 1. The molecule has 0 aliphatic carbocycles. The quantitative estimate of drug-likeness (QED) is 0.866. The van der Waals surface area contributed by atoms with Gasteiger partial charge in [-0.05, 0) is 19.8 Å².